The molecular weight excluding hydrogens is 368 g/mol. The second-order valence-electron chi connectivity index (χ2n) is 5.50. The Labute approximate surface area is 130 Å². The van der Waals surface area contributed by atoms with Crippen molar-refractivity contribution >= 4 is 26.0 Å². The molecule has 0 aliphatic heterocycles. The number of hydrogen-bond donors (Lipinski definition) is 1. The fourth-order valence-corrected chi connectivity index (χ4v) is 4.52. The van der Waals surface area contributed by atoms with Gasteiger partial charge in [-0.05, 0) is 34.8 Å². The van der Waals surface area contributed by atoms with Gasteiger partial charge in [0.25, 0.3) is 0 Å². The van der Waals surface area contributed by atoms with Crippen LogP contribution in [0.1, 0.15) is 25.7 Å². The molecule has 1 aliphatic carbocycles. The van der Waals surface area contributed by atoms with E-state index in [0.29, 0.717) is 12.8 Å². The largest absolute Gasteiger partial charge is 0.489 e. The van der Waals surface area contributed by atoms with E-state index in [1.54, 1.807) is 0 Å². The first-order chi connectivity index (χ1) is 9.71. The number of nitrogens with two attached hydrogens (primary N) is 1. The van der Waals surface area contributed by atoms with E-state index in [1.807, 2.05) is 0 Å². The van der Waals surface area contributed by atoms with Gasteiger partial charge in [-0.3, -0.25) is 0 Å². The first-order valence-corrected chi connectivity index (χ1v) is 8.99. The Morgan fingerprint density at radius 3 is 2.43 bits per heavy atom. The number of ether oxygens (including phenoxy) is 1. The van der Waals surface area contributed by atoms with E-state index in [1.165, 1.54) is 0 Å². The molecule has 0 saturated heterocycles. The van der Waals surface area contributed by atoms with Gasteiger partial charge in [-0.25, -0.2) is 22.3 Å². The van der Waals surface area contributed by atoms with E-state index in [4.69, 9.17) is 9.88 Å². The second-order valence-corrected chi connectivity index (χ2v) is 7.97. The first-order valence-electron chi connectivity index (χ1n) is 6.49. The topological polar surface area (TPSA) is 69.4 Å². The lowest BCUT2D eigenvalue weighted by molar-refractivity contribution is 0.164. The molecule has 0 heterocycles. The molecule has 0 spiro atoms. The minimum absolute atomic E-state index is 0.0323. The molecule has 1 fully saturated rings. The van der Waals surface area contributed by atoms with Crippen molar-refractivity contribution in [2.75, 3.05) is 12.4 Å². The molecule has 4 nitrogen and oxygen atoms in total. The minimum Gasteiger partial charge on any atom is -0.489 e. The molecule has 8 heteroatoms. The van der Waals surface area contributed by atoms with Crippen molar-refractivity contribution < 1.29 is 21.9 Å². The van der Waals surface area contributed by atoms with Crippen LogP contribution in [0, 0.1) is 17.0 Å². The summed E-state index contributed by atoms with van der Waals surface area (Å²) in [6.45, 7) is 0.0323. The van der Waals surface area contributed by atoms with Crippen molar-refractivity contribution in [1.82, 2.24) is 0 Å². The summed E-state index contributed by atoms with van der Waals surface area (Å²) in [5.41, 5.74) is -0.603. The molecule has 1 saturated carbocycles. The summed E-state index contributed by atoms with van der Waals surface area (Å²) in [6.07, 6.45) is 3.08. The predicted octanol–water partition coefficient (Wildman–Crippen LogP) is 2.96. The van der Waals surface area contributed by atoms with Crippen LogP contribution in [0.3, 0.4) is 0 Å². The van der Waals surface area contributed by atoms with Crippen LogP contribution in [-0.4, -0.2) is 20.8 Å². The smallest absolute Gasteiger partial charge is 0.209 e. The molecule has 0 aromatic heterocycles. The number of sulfonamides is 1. The molecule has 1 aromatic carbocycles. The summed E-state index contributed by atoms with van der Waals surface area (Å²) in [6, 6.07) is 1.82. The van der Waals surface area contributed by atoms with Crippen molar-refractivity contribution in [2.24, 2.45) is 10.6 Å². The minimum atomic E-state index is -3.64. The zero-order valence-electron chi connectivity index (χ0n) is 11.2. The summed E-state index contributed by atoms with van der Waals surface area (Å²) in [7, 11) is -3.64. The molecule has 0 unspecified atom stereocenters. The number of rotatable bonds is 5. The average molecular weight is 384 g/mol. The van der Waals surface area contributed by atoms with Crippen LogP contribution in [-0.2, 0) is 10.0 Å². The van der Waals surface area contributed by atoms with Gasteiger partial charge in [0, 0.05) is 11.5 Å². The van der Waals surface area contributed by atoms with Crippen molar-refractivity contribution in [1.29, 1.82) is 0 Å². The zero-order chi connectivity index (χ0) is 15.7. The Kier molecular flexibility index (Phi) is 4.89. The summed E-state index contributed by atoms with van der Waals surface area (Å²) in [4.78, 5) is 0. The average Bonchev–Trinajstić information content (AvgIpc) is 2.73. The van der Waals surface area contributed by atoms with Gasteiger partial charge in [0.2, 0.25) is 10.0 Å². The second kappa shape index (κ2) is 6.18. The van der Waals surface area contributed by atoms with Crippen LogP contribution >= 0.6 is 15.9 Å². The fraction of sp³-hybridized carbons (Fsp3) is 0.538. The van der Waals surface area contributed by atoms with Gasteiger partial charge in [0.05, 0.1) is 16.8 Å². The van der Waals surface area contributed by atoms with E-state index in [2.05, 4.69) is 15.9 Å². The zero-order valence-corrected chi connectivity index (χ0v) is 13.6. The third-order valence-corrected chi connectivity index (χ3v) is 5.26. The van der Waals surface area contributed by atoms with Gasteiger partial charge in [-0.2, -0.15) is 0 Å². The van der Waals surface area contributed by atoms with Crippen LogP contribution in [0.15, 0.2) is 16.6 Å². The summed E-state index contributed by atoms with van der Waals surface area (Å²) < 4.78 is 55.1. The first kappa shape index (κ1) is 16.6. The molecule has 0 atom stereocenters. The van der Waals surface area contributed by atoms with Gasteiger partial charge in [0.1, 0.15) is 5.82 Å². The number of benzene rings is 1. The monoisotopic (exact) mass is 383 g/mol. The standard InChI is InChI=1S/C13H16BrF2NO3S/c14-10-5-9(15)6-11(16)12(10)20-7-13(3-1-2-4-13)8-21(17,18)19/h5-6H,1-4,7-8H2,(H2,17,18,19). The van der Waals surface area contributed by atoms with Crippen molar-refractivity contribution in [3.05, 3.63) is 28.2 Å². The van der Waals surface area contributed by atoms with Crippen LogP contribution in [0.25, 0.3) is 0 Å². The normalized spacial score (nSPS) is 17.9. The molecule has 118 valence electrons. The molecular formula is C13H16BrF2NO3S. The van der Waals surface area contributed by atoms with E-state index >= 15 is 0 Å². The van der Waals surface area contributed by atoms with E-state index in [-0.39, 0.29) is 22.6 Å². The maximum Gasteiger partial charge on any atom is 0.209 e. The summed E-state index contributed by atoms with van der Waals surface area (Å²) in [5, 5.41) is 5.13. The van der Waals surface area contributed by atoms with Crippen molar-refractivity contribution in [2.45, 2.75) is 25.7 Å². The van der Waals surface area contributed by atoms with Crippen LogP contribution in [0.5, 0.6) is 5.75 Å². The molecule has 0 bridgehead atoms. The maximum atomic E-state index is 13.7. The van der Waals surface area contributed by atoms with Crippen LogP contribution < -0.4 is 9.88 Å². The molecule has 0 radical (unpaired) electrons. The lowest BCUT2D eigenvalue weighted by atomic mass is 9.90. The lowest BCUT2D eigenvalue weighted by Crippen LogP contribution is -2.36. The predicted molar refractivity (Wildman–Crippen MR) is 78.4 cm³/mol. The molecule has 2 N–H and O–H groups in total. The summed E-state index contributed by atoms with van der Waals surface area (Å²) >= 11 is 3.04. The number of primary sulfonamides is 1. The van der Waals surface area contributed by atoms with E-state index < -0.39 is 27.1 Å². The quantitative estimate of drug-likeness (QED) is 0.849. The van der Waals surface area contributed by atoms with E-state index in [9.17, 15) is 17.2 Å². The molecule has 1 aromatic rings. The highest BCUT2D eigenvalue weighted by atomic mass is 79.9. The van der Waals surface area contributed by atoms with Gasteiger partial charge in [-0.1, -0.05) is 12.8 Å². The number of halogens is 3. The van der Waals surface area contributed by atoms with Gasteiger partial charge >= 0.3 is 0 Å². The summed E-state index contributed by atoms with van der Waals surface area (Å²) in [5.74, 6) is -1.85. The molecule has 1 aliphatic rings. The highest BCUT2D eigenvalue weighted by Gasteiger charge is 2.38. The fourth-order valence-electron chi connectivity index (χ4n) is 2.77. The molecule has 0 amide bonds. The van der Waals surface area contributed by atoms with Crippen LogP contribution in [0.4, 0.5) is 8.78 Å². The highest BCUT2D eigenvalue weighted by Crippen LogP contribution is 2.40. The SMILES string of the molecule is NS(=O)(=O)CC1(COc2c(F)cc(F)cc2Br)CCCC1. The van der Waals surface area contributed by atoms with Crippen molar-refractivity contribution in [3.8, 4) is 5.75 Å². The Balaban J connectivity index is 2.17. The maximum absolute atomic E-state index is 13.7. The van der Waals surface area contributed by atoms with Crippen molar-refractivity contribution in [3.63, 3.8) is 0 Å². The Morgan fingerprint density at radius 1 is 1.29 bits per heavy atom. The highest BCUT2D eigenvalue weighted by molar-refractivity contribution is 9.10. The van der Waals surface area contributed by atoms with Gasteiger partial charge < -0.3 is 4.74 Å². The van der Waals surface area contributed by atoms with Gasteiger partial charge in [0.15, 0.2) is 11.6 Å². The number of hydrogen-bond acceptors (Lipinski definition) is 3. The Bertz CT molecular complexity index is 607. The lowest BCUT2D eigenvalue weighted by Gasteiger charge is -2.28. The molecule has 2 rings (SSSR count). The van der Waals surface area contributed by atoms with Gasteiger partial charge in [-0.15, -0.1) is 0 Å². The van der Waals surface area contributed by atoms with E-state index in [0.717, 1.165) is 25.0 Å². The third-order valence-electron chi connectivity index (χ3n) is 3.66. The Morgan fingerprint density at radius 2 is 1.90 bits per heavy atom. The third kappa shape index (κ3) is 4.37. The van der Waals surface area contributed by atoms with Crippen LogP contribution in [0.2, 0.25) is 0 Å². The molecule has 21 heavy (non-hydrogen) atoms. The Hall–Kier alpha value is -0.730.